The van der Waals surface area contributed by atoms with Crippen molar-refractivity contribution < 1.29 is 14.8 Å². The van der Waals surface area contributed by atoms with Gasteiger partial charge in [0, 0.05) is 0 Å². The summed E-state index contributed by atoms with van der Waals surface area (Å²) in [5.41, 5.74) is 2.41. The van der Waals surface area contributed by atoms with Gasteiger partial charge < -0.3 is 15.2 Å². The summed E-state index contributed by atoms with van der Waals surface area (Å²) < 4.78 is 0. The number of aromatic amines is 1. The highest BCUT2D eigenvalue weighted by molar-refractivity contribution is 5.96. The van der Waals surface area contributed by atoms with Crippen LogP contribution >= 0.6 is 0 Å². The van der Waals surface area contributed by atoms with Gasteiger partial charge in [-0.1, -0.05) is 0 Å². The van der Waals surface area contributed by atoms with Crippen LogP contribution in [0.2, 0.25) is 0 Å². The van der Waals surface area contributed by atoms with Crippen molar-refractivity contribution in [1.82, 2.24) is 15.4 Å². The van der Waals surface area contributed by atoms with Crippen LogP contribution in [0, 0.1) is 10.1 Å². The third kappa shape index (κ3) is 2.96. The molecule has 1 aromatic carbocycles. The summed E-state index contributed by atoms with van der Waals surface area (Å²) >= 11 is 0. The van der Waals surface area contributed by atoms with Crippen LogP contribution in [-0.4, -0.2) is 32.1 Å². The average Bonchev–Trinajstić information content (AvgIpc) is 2.90. The Morgan fingerprint density at radius 2 is 2.15 bits per heavy atom. The Morgan fingerprint density at radius 3 is 2.80 bits per heavy atom. The standard InChI is InChI=1S/C11H9N5O4/c17-8-3-1-7(2-4-8)5-14-15-11(18)9-10(16(19)20)13-6-12-9/h1-6,17H,(H,12,13)(H,15,18)/b14-5+. The quantitative estimate of drug-likeness (QED) is 0.431. The maximum absolute atomic E-state index is 11.6. The molecule has 0 saturated carbocycles. The Balaban J connectivity index is 2.03. The number of phenolic OH excluding ortho intramolecular Hbond substituents is 1. The summed E-state index contributed by atoms with van der Waals surface area (Å²) in [6.45, 7) is 0. The lowest BCUT2D eigenvalue weighted by Gasteiger charge is -1.97. The SMILES string of the molecule is O=C(N/N=C/c1ccc(O)cc1)c1nc[nH]c1[N+](=O)[O-]. The van der Waals surface area contributed by atoms with E-state index in [1.165, 1.54) is 18.3 Å². The Bertz CT molecular complexity index is 662. The largest absolute Gasteiger partial charge is 0.508 e. The fourth-order valence-corrected chi connectivity index (χ4v) is 1.37. The molecule has 0 atom stereocenters. The van der Waals surface area contributed by atoms with E-state index < -0.39 is 16.6 Å². The number of H-pyrrole nitrogens is 1. The van der Waals surface area contributed by atoms with Crippen LogP contribution in [0.3, 0.4) is 0 Å². The highest BCUT2D eigenvalue weighted by atomic mass is 16.6. The number of aromatic hydroxyl groups is 1. The number of hydrazone groups is 1. The highest BCUT2D eigenvalue weighted by Crippen LogP contribution is 2.11. The molecule has 102 valence electrons. The van der Waals surface area contributed by atoms with Crippen LogP contribution < -0.4 is 5.43 Å². The van der Waals surface area contributed by atoms with Crippen LogP contribution in [0.1, 0.15) is 16.1 Å². The molecule has 0 saturated heterocycles. The van der Waals surface area contributed by atoms with Gasteiger partial charge in [-0.15, -0.1) is 0 Å². The molecule has 1 amide bonds. The molecule has 1 heterocycles. The van der Waals surface area contributed by atoms with Crippen molar-refractivity contribution in [2.45, 2.75) is 0 Å². The van der Waals surface area contributed by atoms with Crippen LogP contribution in [0.4, 0.5) is 5.82 Å². The maximum Gasteiger partial charge on any atom is 0.353 e. The topological polar surface area (TPSA) is 134 Å². The van der Waals surface area contributed by atoms with Crippen molar-refractivity contribution in [2.24, 2.45) is 5.10 Å². The number of amides is 1. The first-order valence-corrected chi connectivity index (χ1v) is 5.38. The first kappa shape index (κ1) is 13.2. The predicted molar refractivity (Wildman–Crippen MR) is 68.4 cm³/mol. The van der Waals surface area contributed by atoms with Gasteiger partial charge in [0.25, 0.3) is 5.91 Å². The molecular formula is C11H9N5O4. The third-order valence-corrected chi connectivity index (χ3v) is 2.29. The Labute approximate surface area is 112 Å². The Kier molecular flexibility index (Phi) is 3.70. The molecule has 9 nitrogen and oxygen atoms in total. The van der Waals surface area contributed by atoms with Gasteiger partial charge in [-0.3, -0.25) is 4.79 Å². The number of carbonyl (C=O) groups excluding carboxylic acids is 1. The molecule has 0 bridgehead atoms. The zero-order chi connectivity index (χ0) is 14.5. The van der Waals surface area contributed by atoms with E-state index in [0.29, 0.717) is 5.56 Å². The summed E-state index contributed by atoms with van der Waals surface area (Å²) in [7, 11) is 0. The van der Waals surface area contributed by atoms with Gasteiger partial charge in [-0.05, 0) is 34.8 Å². The average molecular weight is 275 g/mol. The van der Waals surface area contributed by atoms with Gasteiger partial charge >= 0.3 is 5.82 Å². The first-order valence-electron chi connectivity index (χ1n) is 5.38. The van der Waals surface area contributed by atoms with Gasteiger partial charge in [0.1, 0.15) is 5.75 Å². The van der Waals surface area contributed by atoms with Crippen molar-refractivity contribution in [3.8, 4) is 5.75 Å². The fraction of sp³-hybridized carbons (Fsp3) is 0. The number of carbonyl (C=O) groups is 1. The predicted octanol–water partition coefficient (Wildman–Crippen LogP) is 0.787. The monoisotopic (exact) mass is 275 g/mol. The lowest BCUT2D eigenvalue weighted by molar-refractivity contribution is -0.389. The highest BCUT2D eigenvalue weighted by Gasteiger charge is 2.21. The van der Waals surface area contributed by atoms with Gasteiger partial charge in [0.2, 0.25) is 5.69 Å². The second-order valence-electron chi connectivity index (χ2n) is 3.65. The van der Waals surface area contributed by atoms with E-state index >= 15 is 0 Å². The second kappa shape index (κ2) is 5.61. The zero-order valence-corrected chi connectivity index (χ0v) is 9.98. The number of nitrogens with zero attached hydrogens (tertiary/aromatic N) is 3. The van der Waals surface area contributed by atoms with E-state index in [4.69, 9.17) is 5.11 Å². The molecule has 3 N–H and O–H groups in total. The zero-order valence-electron chi connectivity index (χ0n) is 9.98. The second-order valence-corrected chi connectivity index (χ2v) is 3.65. The van der Waals surface area contributed by atoms with Crippen LogP contribution in [0.25, 0.3) is 0 Å². The number of nitrogens with one attached hydrogen (secondary N) is 2. The van der Waals surface area contributed by atoms with Crippen molar-refractivity contribution in [1.29, 1.82) is 0 Å². The summed E-state index contributed by atoms with van der Waals surface area (Å²) in [5.74, 6) is -1.19. The summed E-state index contributed by atoms with van der Waals surface area (Å²) in [5, 5.41) is 23.3. The third-order valence-electron chi connectivity index (χ3n) is 2.29. The molecule has 20 heavy (non-hydrogen) atoms. The lowest BCUT2D eigenvalue weighted by atomic mass is 10.2. The molecule has 0 aliphatic heterocycles. The minimum Gasteiger partial charge on any atom is -0.508 e. The van der Waals surface area contributed by atoms with Crippen molar-refractivity contribution in [3.63, 3.8) is 0 Å². The minimum absolute atomic E-state index is 0.110. The molecule has 9 heteroatoms. The van der Waals surface area contributed by atoms with E-state index in [-0.39, 0.29) is 11.4 Å². The molecule has 0 radical (unpaired) electrons. The van der Waals surface area contributed by atoms with Crippen LogP contribution in [0.15, 0.2) is 35.7 Å². The smallest absolute Gasteiger partial charge is 0.353 e. The Hall–Kier alpha value is -3.23. The molecule has 0 fully saturated rings. The number of hydrogen-bond donors (Lipinski definition) is 3. The number of phenols is 1. The van der Waals surface area contributed by atoms with E-state index in [2.05, 4.69) is 20.5 Å². The normalized spacial score (nSPS) is 10.6. The molecule has 0 aliphatic carbocycles. The van der Waals surface area contributed by atoms with E-state index in [0.717, 1.165) is 6.33 Å². The van der Waals surface area contributed by atoms with Gasteiger partial charge in [-0.2, -0.15) is 5.10 Å². The molecule has 2 rings (SSSR count). The number of rotatable bonds is 4. The lowest BCUT2D eigenvalue weighted by Crippen LogP contribution is -2.19. The van der Waals surface area contributed by atoms with Crippen molar-refractivity contribution in [3.05, 3.63) is 52.0 Å². The van der Waals surface area contributed by atoms with Gasteiger partial charge in [0.05, 0.1) is 6.21 Å². The van der Waals surface area contributed by atoms with Crippen LogP contribution in [-0.2, 0) is 0 Å². The summed E-state index contributed by atoms with van der Waals surface area (Å²) in [6, 6.07) is 6.09. The van der Waals surface area contributed by atoms with Gasteiger partial charge in [0.15, 0.2) is 6.33 Å². The maximum atomic E-state index is 11.6. The number of nitro groups is 1. The minimum atomic E-state index is -0.798. The molecule has 2 aromatic rings. The van der Waals surface area contributed by atoms with E-state index in [1.807, 2.05) is 0 Å². The van der Waals surface area contributed by atoms with Crippen LogP contribution in [0.5, 0.6) is 5.75 Å². The van der Waals surface area contributed by atoms with E-state index in [9.17, 15) is 14.9 Å². The summed E-state index contributed by atoms with van der Waals surface area (Å²) in [6.07, 6.45) is 2.38. The molecule has 1 aromatic heterocycles. The number of imidazole rings is 1. The van der Waals surface area contributed by atoms with Crippen molar-refractivity contribution >= 4 is 17.9 Å². The number of hydrogen-bond acceptors (Lipinski definition) is 6. The molecule has 0 aliphatic rings. The summed E-state index contributed by atoms with van der Waals surface area (Å²) in [4.78, 5) is 27.3. The Morgan fingerprint density at radius 1 is 1.45 bits per heavy atom. The fourth-order valence-electron chi connectivity index (χ4n) is 1.37. The number of benzene rings is 1. The first-order chi connectivity index (χ1) is 9.58. The number of aromatic nitrogens is 2. The molecule has 0 spiro atoms. The molecule has 0 unspecified atom stereocenters. The van der Waals surface area contributed by atoms with E-state index in [1.54, 1.807) is 12.1 Å². The molecular weight excluding hydrogens is 266 g/mol. The van der Waals surface area contributed by atoms with Crippen molar-refractivity contribution in [2.75, 3.05) is 0 Å². The van der Waals surface area contributed by atoms with Gasteiger partial charge in [-0.25, -0.2) is 15.4 Å².